The van der Waals surface area contributed by atoms with Crippen LogP contribution in [0.25, 0.3) is 0 Å². The van der Waals surface area contributed by atoms with E-state index in [1.165, 1.54) is 19.6 Å². The van der Waals surface area contributed by atoms with Crippen LogP contribution in [0.2, 0.25) is 0 Å². The summed E-state index contributed by atoms with van der Waals surface area (Å²) >= 11 is 0. The van der Waals surface area contributed by atoms with Crippen molar-refractivity contribution >= 4 is 80.9 Å². The minimum Gasteiger partial charge on any atom is -0.748 e. The summed E-state index contributed by atoms with van der Waals surface area (Å²) in [4.78, 5) is 8.59. The van der Waals surface area contributed by atoms with Gasteiger partial charge in [-0.3, -0.25) is 0 Å². The summed E-state index contributed by atoms with van der Waals surface area (Å²) in [5, 5.41) is 0. The van der Waals surface area contributed by atoms with Gasteiger partial charge in [-0.05, 0) is 78.0 Å². The van der Waals surface area contributed by atoms with Crippen molar-refractivity contribution in [1.82, 2.24) is 29.4 Å². The normalized spacial score (nSPS) is 12.7. The fraction of sp³-hybridized carbons (Fsp3) is 1.00. The average molecular weight is 1330 g/mol. The summed E-state index contributed by atoms with van der Waals surface area (Å²) in [6.45, 7) is -3.02. The van der Waals surface area contributed by atoms with Gasteiger partial charge >= 0.3 is 236 Å². The molecule has 46 heteroatoms. The maximum Gasteiger partial charge on any atom is 1.00 e. The van der Waals surface area contributed by atoms with E-state index in [0.717, 1.165) is 0 Å². The summed E-state index contributed by atoms with van der Waals surface area (Å²) in [7, 11) is -38.2. The van der Waals surface area contributed by atoms with E-state index in [2.05, 4.69) is 0 Å². The van der Waals surface area contributed by atoms with Crippen molar-refractivity contribution in [3.63, 3.8) is 0 Å². The van der Waals surface area contributed by atoms with Crippen molar-refractivity contribution in [3.8, 4) is 0 Å². The molecule has 0 saturated heterocycles. The largest absolute Gasteiger partial charge is 1.00 e. The average Bonchev–Trinajstić information content (AvgIpc) is 3.13. The Hall–Kier alpha value is 7.04. The van der Waals surface area contributed by atoms with E-state index in [9.17, 15) is 104 Å². The Balaban J connectivity index is -0.000000802. The van der Waals surface area contributed by atoms with Gasteiger partial charge in [0, 0.05) is 65.4 Å². The molecule has 0 unspecified atom stereocenters. The molecule has 0 heterocycles. The van der Waals surface area contributed by atoms with Gasteiger partial charge in [-0.1, -0.05) is 0 Å². The maximum atomic E-state index is 11.3. The first-order valence-corrected chi connectivity index (χ1v) is 33.1. The Kier molecular flexibility index (Phi) is 68.1. The third-order valence-electron chi connectivity index (χ3n) is 9.79. The van der Waals surface area contributed by atoms with Crippen molar-refractivity contribution in [3.05, 3.63) is 0 Å². The summed E-state index contributed by atoms with van der Waals surface area (Å²) in [6.07, 6.45) is 0.519. The van der Waals surface area contributed by atoms with Crippen LogP contribution < -0.4 is 236 Å². The number of nitrogens with zero attached hydrogens (tertiary/aromatic N) is 6. The van der Waals surface area contributed by atoms with Crippen LogP contribution in [0.5, 0.6) is 0 Å². The molecule has 0 fully saturated rings. The van der Waals surface area contributed by atoms with Crippen LogP contribution in [0, 0.1) is 0 Å². The predicted octanol–water partition coefficient (Wildman–Crippen LogP) is -31.2. The molecule has 0 saturated carbocycles. The summed E-state index contributed by atoms with van der Waals surface area (Å²) in [6, 6.07) is 0. The maximum absolute atomic E-state index is 11.3. The van der Waals surface area contributed by atoms with Crippen LogP contribution in [-0.4, -0.2) is 297 Å². The molecule has 0 aliphatic carbocycles. The molecule has 76 heavy (non-hydrogen) atoms. The summed E-state index contributed by atoms with van der Waals surface area (Å²) in [5.41, 5.74) is 0. The van der Waals surface area contributed by atoms with Gasteiger partial charge in [0.2, 0.25) is 0 Å². The van der Waals surface area contributed by atoms with Crippen molar-refractivity contribution < 1.29 is 340 Å². The first-order valence-electron chi connectivity index (χ1n) is 20.5. The zero-order valence-electron chi connectivity index (χ0n) is 45.0. The molecule has 0 spiro atoms. The van der Waals surface area contributed by atoms with E-state index in [0.29, 0.717) is 0 Å². The molecular formula is C30H60N6Na8O24S8. The fourth-order valence-corrected chi connectivity index (χ4v) is 10.1. The molecule has 0 N–H and O–H groups in total. The van der Waals surface area contributed by atoms with Crippen molar-refractivity contribution in [2.24, 2.45) is 0 Å². The summed E-state index contributed by atoms with van der Waals surface area (Å²) in [5.74, 6) is -7.39. The second-order valence-corrected chi connectivity index (χ2v) is 27.7. The van der Waals surface area contributed by atoms with Crippen LogP contribution >= 0.6 is 0 Å². The topological polar surface area (TPSA) is 477 Å². The molecule has 410 valence electrons. The van der Waals surface area contributed by atoms with Gasteiger partial charge in [-0.25, -0.2) is 67.3 Å². The Morgan fingerprint density at radius 2 is 0.263 bits per heavy atom. The van der Waals surface area contributed by atoms with Crippen molar-refractivity contribution in [1.29, 1.82) is 0 Å². The molecule has 0 aliphatic rings. The third-order valence-corrected chi connectivity index (χ3v) is 15.2. The van der Waals surface area contributed by atoms with Crippen molar-refractivity contribution in [2.45, 2.75) is 25.7 Å². The minimum atomic E-state index is -4.77. The van der Waals surface area contributed by atoms with Crippen LogP contribution in [0.3, 0.4) is 0 Å². The van der Waals surface area contributed by atoms with E-state index in [-0.39, 0.29) is 328 Å². The third kappa shape index (κ3) is 73.5. The molecule has 0 amide bonds. The molecule has 0 radical (unpaired) electrons. The van der Waals surface area contributed by atoms with Crippen LogP contribution in [0.15, 0.2) is 0 Å². The first kappa shape index (κ1) is 102. The van der Waals surface area contributed by atoms with Crippen molar-refractivity contribution in [2.75, 3.05) is 164 Å². The second kappa shape index (κ2) is 50.7. The number of hydrogen-bond acceptors (Lipinski definition) is 30. The Morgan fingerprint density at radius 1 is 0.171 bits per heavy atom. The number of hydrogen-bond donors (Lipinski definition) is 0. The quantitative estimate of drug-likeness (QED) is 0.0404. The Bertz CT molecular complexity index is 1950. The van der Waals surface area contributed by atoms with E-state index in [1.807, 2.05) is 0 Å². The fourth-order valence-electron chi connectivity index (χ4n) is 6.29. The molecular weight excluding hydrogens is 1270 g/mol. The zero-order valence-corrected chi connectivity index (χ0v) is 67.5. The standard InChI is InChI=1S/C30H68N6O24S8.8Na/c37-61(38,39)23-15-33(16-24-62(40,41)42)9-1-5-31(6-2-10-34(17-25-63(43,44)45)18-26-64(46,47)48)13-14-32(7-3-11-35(19-27-65(49,50)51)20-28-66(52,53)54)8-4-12-36(21-29-67(55,56)57)22-30-68(58,59)60;;;;;;;;/h1-30H2,(H,37,38,39)(H,40,41,42)(H,43,44,45)(H,46,47,48)(H,49,50,51)(H,52,53,54)(H,55,56,57)(H,58,59,60);;;;;;;;/q;8*+1/p-8. The number of rotatable bonds is 43. The predicted molar refractivity (Wildman–Crippen MR) is 234 cm³/mol. The van der Waals surface area contributed by atoms with Gasteiger partial charge < -0.3 is 65.8 Å². The molecule has 0 bridgehead atoms. The smallest absolute Gasteiger partial charge is 0.748 e. The molecule has 0 aliphatic heterocycles. The van der Waals surface area contributed by atoms with Gasteiger partial charge in [0.05, 0.1) is 127 Å². The van der Waals surface area contributed by atoms with E-state index in [4.69, 9.17) is 0 Å². The molecule has 0 aromatic rings. The molecule has 30 nitrogen and oxygen atoms in total. The van der Waals surface area contributed by atoms with E-state index in [1.54, 1.807) is 9.80 Å². The first-order chi connectivity index (χ1) is 30.7. The molecule has 0 atom stereocenters. The SMILES string of the molecule is O=S(=O)([O-])CCN(CCCN(CCCN(CCS(=O)(=O)[O-])CCS(=O)(=O)[O-])CCN(CCCN(CCS(=O)(=O)[O-])CCS(=O)(=O)[O-])CCCN(CCS(=O)(=O)[O-])CCS(=O)(=O)[O-])CCS(=O)(=O)[O-].[Na+].[Na+].[Na+].[Na+].[Na+].[Na+].[Na+].[Na+]. The van der Waals surface area contributed by atoms with Crippen LogP contribution in [0.1, 0.15) is 25.7 Å². The monoisotopic (exact) mass is 1330 g/mol. The second-order valence-electron chi connectivity index (χ2n) is 15.6. The van der Waals surface area contributed by atoms with Gasteiger partial charge in [-0.15, -0.1) is 0 Å². The van der Waals surface area contributed by atoms with Gasteiger partial charge in [0.25, 0.3) is 0 Å². The zero-order chi connectivity index (χ0) is 52.7. The molecule has 0 rings (SSSR count). The van der Waals surface area contributed by atoms with Gasteiger partial charge in [0.1, 0.15) is 0 Å². The Labute approximate surface area is 628 Å². The summed E-state index contributed by atoms with van der Waals surface area (Å²) < 4.78 is 272. The van der Waals surface area contributed by atoms with E-state index < -0.39 is 179 Å². The minimum absolute atomic E-state index is 0. The van der Waals surface area contributed by atoms with Gasteiger partial charge in [-0.2, -0.15) is 0 Å². The molecule has 0 aromatic carbocycles. The van der Waals surface area contributed by atoms with Gasteiger partial charge in [0.15, 0.2) is 0 Å². The van der Waals surface area contributed by atoms with Crippen LogP contribution in [-0.2, 0) is 80.9 Å². The Morgan fingerprint density at radius 3 is 0.355 bits per heavy atom. The molecule has 0 aromatic heterocycles. The van der Waals surface area contributed by atoms with E-state index >= 15 is 0 Å². The van der Waals surface area contributed by atoms with Crippen LogP contribution in [0.4, 0.5) is 0 Å².